The van der Waals surface area contributed by atoms with Crippen LogP contribution in [0.3, 0.4) is 0 Å². The third kappa shape index (κ3) is 6.18. The summed E-state index contributed by atoms with van der Waals surface area (Å²) >= 11 is 3.27. The molecule has 136 valence electrons. The molecule has 0 unspecified atom stereocenters. The lowest BCUT2D eigenvalue weighted by molar-refractivity contribution is -0.157. The zero-order valence-corrected chi connectivity index (χ0v) is 15.6. The first-order valence-corrected chi connectivity index (χ1v) is 8.29. The van der Waals surface area contributed by atoms with Gasteiger partial charge < -0.3 is 15.8 Å². The summed E-state index contributed by atoms with van der Waals surface area (Å²) in [5.41, 5.74) is 5.20. The predicted octanol–water partition coefficient (Wildman–Crippen LogP) is 1.33. The minimum atomic E-state index is -1.23. The van der Waals surface area contributed by atoms with Crippen molar-refractivity contribution in [3.8, 4) is 0 Å². The third-order valence-corrected chi connectivity index (χ3v) is 3.93. The van der Waals surface area contributed by atoms with E-state index in [9.17, 15) is 19.2 Å². The maximum Gasteiger partial charge on any atom is 0.329 e. The van der Waals surface area contributed by atoms with E-state index >= 15 is 0 Å². The summed E-state index contributed by atoms with van der Waals surface area (Å²) in [6.45, 7) is 4.74. The molecule has 0 aliphatic rings. The summed E-state index contributed by atoms with van der Waals surface area (Å²) in [5, 5.41) is 4.41. The molecule has 8 nitrogen and oxygen atoms in total. The lowest BCUT2D eigenvalue weighted by atomic mass is 10.0. The highest BCUT2D eigenvalue weighted by Gasteiger charge is 2.29. The number of primary amides is 1. The van der Waals surface area contributed by atoms with Crippen LogP contribution < -0.4 is 16.4 Å². The number of hydrogen-bond acceptors (Lipinski definition) is 5. The van der Waals surface area contributed by atoms with E-state index in [0.717, 1.165) is 0 Å². The van der Waals surface area contributed by atoms with Crippen molar-refractivity contribution in [2.75, 3.05) is 0 Å². The highest BCUT2D eigenvalue weighted by atomic mass is 79.9. The quantitative estimate of drug-likeness (QED) is 0.606. The molecule has 0 aliphatic heterocycles. The Morgan fingerprint density at radius 3 is 2.24 bits per heavy atom. The zero-order valence-electron chi connectivity index (χ0n) is 14.0. The summed E-state index contributed by atoms with van der Waals surface area (Å²) in [6, 6.07) is 4.74. The van der Waals surface area contributed by atoms with Gasteiger partial charge in [-0.15, -0.1) is 0 Å². The Hall–Kier alpha value is -2.42. The van der Waals surface area contributed by atoms with Crippen LogP contribution in [0.4, 0.5) is 4.79 Å². The van der Waals surface area contributed by atoms with Crippen molar-refractivity contribution in [3.05, 3.63) is 34.3 Å². The van der Waals surface area contributed by atoms with Gasteiger partial charge >= 0.3 is 12.0 Å². The lowest BCUT2D eigenvalue weighted by Gasteiger charge is -2.23. The van der Waals surface area contributed by atoms with Crippen molar-refractivity contribution in [2.24, 2.45) is 11.7 Å². The van der Waals surface area contributed by atoms with E-state index in [1.54, 1.807) is 38.1 Å². The Morgan fingerprint density at radius 2 is 1.72 bits per heavy atom. The fraction of sp³-hybridized carbons (Fsp3) is 0.375. The molecule has 0 saturated carbocycles. The van der Waals surface area contributed by atoms with E-state index in [2.05, 4.69) is 21.2 Å². The fourth-order valence-corrected chi connectivity index (χ4v) is 2.35. The van der Waals surface area contributed by atoms with E-state index < -0.39 is 36.0 Å². The number of nitrogens with two attached hydrogens (primary N) is 1. The number of carbonyl (C=O) groups is 4. The van der Waals surface area contributed by atoms with Crippen LogP contribution >= 0.6 is 15.9 Å². The number of carbonyl (C=O) groups excluding carboxylic acids is 4. The first kappa shape index (κ1) is 20.6. The molecular formula is C16H20BrN3O5. The molecule has 9 heteroatoms. The van der Waals surface area contributed by atoms with Gasteiger partial charge in [0.05, 0.1) is 5.56 Å². The van der Waals surface area contributed by atoms with Crippen molar-refractivity contribution in [1.82, 2.24) is 10.6 Å². The van der Waals surface area contributed by atoms with E-state index in [1.165, 1.54) is 6.92 Å². The molecule has 2 atom stereocenters. The van der Waals surface area contributed by atoms with Gasteiger partial charge in [0, 0.05) is 4.47 Å². The van der Waals surface area contributed by atoms with Crippen molar-refractivity contribution in [3.63, 3.8) is 0 Å². The topological polar surface area (TPSA) is 128 Å². The maximum atomic E-state index is 12.4. The Balaban J connectivity index is 2.81. The Labute approximate surface area is 153 Å². The largest absolute Gasteiger partial charge is 0.451 e. The number of nitrogens with one attached hydrogen (secondary N) is 2. The average molecular weight is 414 g/mol. The highest BCUT2D eigenvalue weighted by molar-refractivity contribution is 9.10. The van der Waals surface area contributed by atoms with Crippen LogP contribution in [0.1, 0.15) is 31.1 Å². The number of esters is 1. The molecule has 0 spiro atoms. The van der Waals surface area contributed by atoms with Crippen molar-refractivity contribution in [1.29, 1.82) is 0 Å². The molecule has 1 aromatic rings. The lowest BCUT2D eigenvalue weighted by Crippen LogP contribution is -2.48. The second-order valence-electron chi connectivity index (χ2n) is 5.61. The minimum Gasteiger partial charge on any atom is -0.451 e. The summed E-state index contributed by atoms with van der Waals surface area (Å²) in [6.07, 6.45) is -1.23. The molecule has 0 aromatic heterocycles. The number of halogens is 1. The molecular weight excluding hydrogens is 394 g/mol. The van der Waals surface area contributed by atoms with E-state index in [0.29, 0.717) is 10.0 Å². The summed E-state index contributed by atoms with van der Waals surface area (Å²) in [7, 11) is 0. The Morgan fingerprint density at radius 1 is 1.12 bits per heavy atom. The van der Waals surface area contributed by atoms with Crippen LogP contribution in [-0.4, -0.2) is 36.0 Å². The van der Waals surface area contributed by atoms with Crippen LogP contribution in [0.2, 0.25) is 0 Å². The zero-order chi connectivity index (χ0) is 19.1. The van der Waals surface area contributed by atoms with Gasteiger partial charge in [-0.25, -0.2) is 9.59 Å². The van der Waals surface area contributed by atoms with Gasteiger partial charge in [-0.05, 0) is 40.9 Å². The number of rotatable bonds is 6. The first-order valence-electron chi connectivity index (χ1n) is 7.49. The summed E-state index contributed by atoms with van der Waals surface area (Å²) in [5.74, 6) is -2.38. The molecule has 0 radical (unpaired) electrons. The SMILES string of the molecule is CC(C)[C@H](NC(=O)c1ccccc1Br)C(=O)O[C@H](C)C(=O)NC(N)=O. The molecule has 0 saturated heterocycles. The molecule has 25 heavy (non-hydrogen) atoms. The third-order valence-electron chi connectivity index (χ3n) is 3.23. The van der Waals surface area contributed by atoms with Gasteiger partial charge in [0.25, 0.3) is 11.8 Å². The number of imide groups is 1. The van der Waals surface area contributed by atoms with Crippen LogP contribution in [0.15, 0.2) is 28.7 Å². The maximum absolute atomic E-state index is 12.4. The second-order valence-corrected chi connectivity index (χ2v) is 6.46. The normalized spacial score (nSPS) is 12.8. The molecule has 0 aliphatic carbocycles. The van der Waals surface area contributed by atoms with Crippen molar-refractivity contribution in [2.45, 2.75) is 32.9 Å². The number of urea groups is 1. The van der Waals surface area contributed by atoms with Gasteiger partial charge in [-0.2, -0.15) is 0 Å². The monoisotopic (exact) mass is 413 g/mol. The summed E-state index contributed by atoms with van der Waals surface area (Å²) < 4.78 is 5.60. The smallest absolute Gasteiger partial charge is 0.329 e. The Kier molecular flexibility index (Phi) is 7.56. The molecule has 4 amide bonds. The number of amides is 4. The molecule has 0 fully saturated rings. The molecule has 0 heterocycles. The van der Waals surface area contributed by atoms with Gasteiger partial charge in [0.15, 0.2) is 6.10 Å². The second kappa shape index (κ2) is 9.16. The molecule has 1 rings (SSSR count). The molecule has 0 bridgehead atoms. The number of benzene rings is 1. The van der Waals surface area contributed by atoms with Crippen LogP contribution in [0.25, 0.3) is 0 Å². The number of hydrogen-bond donors (Lipinski definition) is 3. The van der Waals surface area contributed by atoms with E-state index in [1.807, 2.05) is 5.32 Å². The van der Waals surface area contributed by atoms with E-state index in [4.69, 9.17) is 10.5 Å². The van der Waals surface area contributed by atoms with Crippen LogP contribution in [0, 0.1) is 5.92 Å². The van der Waals surface area contributed by atoms with Crippen LogP contribution in [-0.2, 0) is 14.3 Å². The summed E-state index contributed by atoms with van der Waals surface area (Å²) in [4.78, 5) is 46.9. The van der Waals surface area contributed by atoms with Crippen molar-refractivity contribution >= 4 is 39.7 Å². The van der Waals surface area contributed by atoms with Crippen molar-refractivity contribution < 1.29 is 23.9 Å². The van der Waals surface area contributed by atoms with Gasteiger partial charge in [-0.3, -0.25) is 14.9 Å². The highest BCUT2D eigenvalue weighted by Crippen LogP contribution is 2.16. The first-order chi connectivity index (χ1) is 11.6. The van der Waals surface area contributed by atoms with E-state index in [-0.39, 0.29) is 5.92 Å². The fourth-order valence-electron chi connectivity index (χ4n) is 1.89. The Bertz CT molecular complexity index is 677. The minimum absolute atomic E-state index is 0.287. The average Bonchev–Trinajstić information content (AvgIpc) is 2.51. The molecule has 4 N–H and O–H groups in total. The van der Waals surface area contributed by atoms with Gasteiger partial charge in [-0.1, -0.05) is 26.0 Å². The van der Waals surface area contributed by atoms with Gasteiger partial charge in [0.2, 0.25) is 0 Å². The predicted molar refractivity (Wildman–Crippen MR) is 93.5 cm³/mol. The molecule has 1 aromatic carbocycles. The number of ether oxygens (including phenoxy) is 1. The van der Waals surface area contributed by atoms with Gasteiger partial charge in [0.1, 0.15) is 6.04 Å². The van der Waals surface area contributed by atoms with Crippen LogP contribution in [0.5, 0.6) is 0 Å². The standard InChI is InChI=1S/C16H20BrN3O5/c1-8(2)12(15(23)25-9(3)13(21)20-16(18)24)19-14(22)10-6-4-5-7-11(10)17/h4-9,12H,1-3H3,(H,19,22)(H3,18,20,21,24)/t9-,12+/m1/s1.